The lowest BCUT2D eigenvalue weighted by atomic mass is 9.95. The molecular weight excluding hydrogens is 302 g/mol. The summed E-state index contributed by atoms with van der Waals surface area (Å²) in [6, 6.07) is 3.99. The summed E-state index contributed by atoms with van der Waals surface area (Å²) in [6.07, 6.45) is 6.65. The Kier molecular flexibility index (Phi) is 5.60. The van der Waals surface area contributed by atoms with E-state index in [1.54, 1.807) is 6.20 Å². The molecule has 1 fully saturated rings. The monoisotopic (exact) mass is 329 g/mol. The van der Waals surface area contributed by atoms with E-state index in [9.17, 15) is 0 Å². The van der Waals surface area contributed by atoms with Crippen molar-refractivity contribution in [1.82, 2.24) is 25.4 Å². The second-order valence-corrected chi connectivity index (χ2v) is 6.57. The van der Waals surface area contributed by atoms with Crippen molar-refractivity contribution in [3.05, 3.63) is 36.3 Å². The molecule has 1 atom stereocenters. The van der Waals surface area contributed by atoms with E-state index < -0.39 is 0 Å². The Labute approximate surface area is 143 Å². The second kappa shape index (κ2) is 7.88. The average molecular weight is 329 g/mol. The highest BCUT2D eigenvalue weighted by Crippen LogP contribution is 2.22. The summed E-state index contributed by atoms with van der Waals surface area (Å²) in [7, 11) is 0. The van der Waals surface area contributed by atoms with E-state index in [0.29, 0.717) is 0 Å². The van der Waals surface area contributed by atoms with Crippen LogP contribution in [0, 0.1) is 0 Å². The van der Waals surface area contributed by atoms with Crippen LogP contribution in [0.25, 0.3) is 11.3 Å². The van der Waals surface area contributed by atoms with Crippen LogP contribution in [-0.4, -0.2) is 58.5 Å². The molecular formula is C18H27N5O. The summed E-state index contributed by atoms with van der Waals surface area (Å²) in [5.74, 6) is 0. The summed E-state index contributed by atoms with van der Waals surface area (Å²) in [5, 5.41) is 10.9. The standard InChI is InChI=1S/C18H27N5O/c1-3-18(2,23-7-9-24-10-8-23)14-20-12-16-13-21-22-17(16)15-5-4-6-19-11-15/h4-6,11,13,20H,3,7-10,12,14H2,1-2H3,(H,21,22)/t18-/m0/s1. The smallest absolute Gasteiger partial charge is 0.0710 e. The third kappa shape index (κ3) is 3.83. The first-order valence-corrected chi connectivity index (χ1v) is 8.69. The molecule has 0 amide bonds. The lowest BCUT2D eigenvalue weighted by Gasteiger charge is -2.43. The molecule has 24 heavy (non-hydrogen) atoms. The SMILES string of the molecule is CC[C@@](C)(CNCc1cn[nH]c1-c1cccnc1)N1CCOCC1. The lowest BCUT2D eigenvalue weighted by molar-refractivity contribution is -0.0175. The van der Waals surface area contributed by atoms with Crippen molar-refractivity contribution in [2.45, 2.75) is 32.4 Å². The number of hydrogen-bond acceptors (Lipinski definition) is 5. The van der Waals surface area contributed by atoms with Gasteiger partial charge in [0.05, 0.1) is 25.1 Å². The molecule has 6 heteroatoms. The molecule has 2 aromatic heterocycles. The Bertz CT molecular complexity index is 623. The fourth-order valence-electron chi connectivity index (χ4n) is 3.24. The second-order valence-electron chi connectivity index (χ2n) is 6.57. The van der Waals surface area contributed by atoms with Gasteiger partial charge in [-0.05, 0) is 25.5 Å². The predicted molar refractivity (Wildman–Crippen MR) is 94.6 cm³/mol. The van der Waals surface area contributed by atoms with Crippen molar-refractivity contribution >= 4 is 0 Å². The third-order valence-corrected chi connectivity index (χ3v) is 5.03. The van der Waals surface area contributed by atoms with Crippen molar-refractivity contribution in [1.29, 1.82) is 0 Å². The van der Waals surface area contributed by atoms with Gasteiger partial charge in [0, 0.05) is 55.2 Å². The van der Waals surface area contributed by atoms with E-state index in [2.05, 4.69) is 39.2 Å². The molecule has 0 bridgehead atoms. The van der Waals surface area contributed by atoms with Gasteiger partial charge in [-0.3, -0.25) is 15.0 Å². The molecule has 1 saturated heterocycles. The highest BCUT2D eigenvalue weighted by Gasteiger charge is 2.30. The van der Waals surface area contributed by atoms with Gasteiger partial charge < -0.3 is 10.1 Å². The quantitative estimate of drug-likeness (QED) is 0.814. The molecule has 2 N–H and O–H groups in total. The zero-order valence-corrected chi connectivity index (χ0v) is 14.6. The van der Waals surface area contributed by atoms with E-state index in [0.717, 1.165) is 57.1 Å². The molecule has 0 aromatic carbocycles. The van der Waals surface area contributed by atoms with Crippen molar-refractivity contribution in [2.24, 2.45) is 0 Å². The zero-order chi connectivity index (χ0) is 16.8. The average Bonchev–Trinajstić information content (AvgIpc) is 3.11. The maximum Gasteiger partial charge on any atom is 0.0710 e. The number of pyridine rings is 1. The molecule has 6 nitrogen and oxygen atoms in total. The number of rotatable bonds is 7. The lowest BCUT2D eigenvalue weighted by Crippen LogP contribution is -2.56. The molecule has 0 spiro atoms. The summed E-state index contributed by atoms with van der Waals surface area (Å²) >= 11 is 0. The van der Waals surface area contributed by atoms with Crippen LogP contribution >= 0.6 is 0 Å². The largest absolute Gasteiger partial charge is 0.379 e. The van der Waals surface area contributed by atoms with Crippen LogP contribution in [-0.2, 0) is 11.3 Å². The predicted octanol–water partition coefficient (Wildman–Crippen LogP) is 2.06. The molecule has 2 aromatic rings. The normalized spacial score (nSPS) is 18.4. The van der Waals surface area contributed by atoms with Gasteiger partial charge in [-0.1, -0.05) is 6.92 Å². The van der Waals surface area contributed by atoms with Gasteiger partial charge in [0.2, 0.25) is 0 Å². The fourth-order valence-corrected chi connectivity index (χ4v) is 3.24. The van der Waals surface area contributed by atoms with E-state index in [-0.39, 0.29) is 5.54 Å². The molecule has 0 saturated carbocycles. The van der Waals surface area contributed by atoms with Crippen LogP contribution in [0.3, 0.4) is 0 Å². The molecule has 0 unspecified atom stereocenters. The highest BCUT2D eigenvalue weighted by molar-refractivity contribution is 5.61. The van der Waals surface area contributed by atoms with Crippen LogP contribution < -0.4 is 5.32 Å². The van der Waals surface area contributed by atoms with E-state index in [4.69, 9.17) is 4.74 Å². The van der Waals surface area contributed by atoms with Gasteiger partial charge in [-0.25, -0.2) is 0 Å². The number of aromatic amines is 1. The van der Waals surface area contributed by atoms with Gasteiger partial charge in [-0.15, -0.1) is 0 Å². The molecule has 1 aliphatic rings. The first-order valence-electron chi connectivity index (χ1n) is 8.69. The van der Waals surface area contributed by atoms with Gasteiger partial charge in [0.25, 0.3) is 0 Å². The van der Waals surface area contributed by atoms with Crippen LogP contribution in [0.5, 0.6) is 0 Å². The van der Waals surface area contributed by atoms with Crippen LogP contribution in [0.4, 0.5) is 0 Å². The number of nitrogens with zero attached hydrogens (tertiary/aromatic N) is 3. The van der Waals surface area contributed by atoms with Crippen LogP contribution in [0.15, 0.2) is 30.7 Å². The van der Waals surface area contributed by atoms with Gasteiger partial charge in [-0.2, -0.15) is 5.10 Å². The minimum atomic E-state index is 0.155. The molecule has 130 valence electrons. The molecule has 3 rings (SSSR count). The van der Waals surface area contributed by atoms with Crippen LogP contribution in [0.2, 0.25) is 0 Å². The maximum absolute atomic E-state index is 5.49. The molecule has 0 aliphatic carbocycles. The summed E-state index contributed by atoms with van der Waals surface area (Å²) < 4.78 is 5.49. The fraction of sp³-hybridized carbons (Fsp3) is 0.556. The zero-order valence-electron chi connectivity index (χ0n) is 14.6. The highest BCUT2D eigenvalue weighted by atomic mass is 16.5. The molecule has 3 heterocycles. The minimum absolute atomic E-state index is 0.155. The number of ether oxygens (including phenoxy) is 1. The van der Waals surface area contributed by atoms with Crippen molar-refractivity contribution < 1.29 is 4.74 Å². The Hall–Kier alpha value is -1.76. The molecule has 0 radical (unpaired) electrons. The maximum atomic E-state index is 5.49. The Morgan fingerprint density at radius 2 is 2.17 bits per heavy atom. The molecule has 1 aliphatic heterocycles. The van der Waals surface area contributed by atoms with Crippen LogP contribution in [0.1, 0.15) is 25.8 Å². The third-order valence-electron chi connectivity index (χ3n) is 5.03. The number of H-pyrrole nitrogens is 1. The van der Waals surface area contributed by atoms with Crippen molar-refractivity contribution in [2.75, 3.05) is 32.8 Å². The Morgan fingerprint density at radius 1 is 1.33 bits per heavy atom. The van der Waals surface area contributed by atoms with Gasteiger partial charge in [0.15, 0.2) is 0 Å². The number of morpholine rings is 1. The number of nitrogens with one attached hydrogen (secondary N) is 2. The first kappa shape index (κ1) is 17.1. The Balaban J connectivity index is 1.61. The summed E-state index contributed by atoms with van der Waals surface area (Å²) in [5.41, 5.74) is 3.43. The van der Waals surface area contributed by atoms with E-state index in [1.165, 1.54) is 5.56 Å². The van der Waals surface area contributed by atoms with Crippen molar-refractivity contribution in [3.8, 4) is 11.3 Å². The van der Waals surface area contributed by atoms with Crippen molar-refractivity contribution in [3.63, 3.8) is 0 Å². The summed E-state index contributed by atoms with van der Waals surface area (Å²) in [4.78, 5) is 6.73. The van der Waals surface area contributed by atoms with Gasteiger partial charge >= 0.3 is 0 Å². The Morgan fingerprint density at radius 3 is 2.88 bits per heavy atom. The van der Waals surface area contributed by atoms with E-state index in [1.807, 2.05) is 24.5 Å². The van der Waals surface area contributed by atoms with Gasteiger partial charge in [0.1, 0.15) is 0 Å². The number of hydrogen-bond donors (Lipinski definition) is 2. The number of aromatic nitrogens is 3. The topological polar surface area (TPSA) is 66.1 Å². The first-order chi connectivity index (χ1) is 11.7. The summed E-state index contributed by atoms with van der Waals surface area (Å²) in [6.45, 7) is 10.0. The van der Waals surface area contributed by atoms with E-state index >= 15 is 0 Å². The minimum Gasteiger partial charge on any atom is -0.379 e.